The zero-order chi connectivity index (χ0) is 20.4. The van der Waals surface area contributed by atoms with Crippen LogP contribution in [0.2, 0.25) is 0 Å². The van der Waals surface area contributed by atoms with Gasteiger partial charge in [-0.3, -0.25) is 19.6 Å². The number of imide groups is 1. The maximum absolute atomic E-state index is 12.5. The van der Waals surface area contributed by atoms with Crippen LogP contribution in [0.4, 0.5) is 4.79 Å². The minimum Gasteiger partial charge on any atom is -0.350 e. The predicted octanol–water partition coefficient (Wildman–Crippen LogP) is 1.30. The van der Waals surface area contributed by atoms with Crippen molar-refractivity contribution in [2.24, 2.45) is 11.8 Å². The molecule has 4 rings (SSSR count). The van der Waals surface area contributed by atoms with Gasteiger partial charge in [-0.05, 0) is 44.4 Å². The SMILES string of the molecule is CC(CNC(=O)c1cc(-c2cnn(CC3CC3)c2)no1)(NC(=O)NC=O)C1CC1. The second-order valence-corrected chi connectivity index (χ2v) is 8.06. The molecule has 2 aromatic heterocycles. The highest BCUT2D eigenvalue weighted by Crippen LogP contribution is 2.39. The lowest BCUT2D eigenvalue weighted by Crippen LogP contribution is -2.57. The van der Waals surface area contributed by atoms with Gasteiger partial charge in [0.2, 0.25) is 12.2 Å². The molecule has 2 aromatic rings. The molecular weight excluding hydrogens is 376 g/mol. The van der Waals surface area contributed by atoms with E-state index in [0.717, 1.165) is 24.9 Å². The molecule has 10 heteroatoms. The maximum atomic E-state index is 12.5. The van der Waals surface area contributed by atoms with Crippen LogP contribution in [0.25, 0.3) is 11.3 Å². The lowest BCUT2D eigenvalue weighted by Gasteiger charge is -2.30. The number of hydrogen-bond acceptors (Lipinski definition) is 6. The molecule has 2 aliphatic rings. The molecular formula is C19H24N6O4. The zero-order valence-corrected chi connectivity index (χ0v) is 16.2. The first-order valence-electron chi connectivity index (χ1n) is 9.77. The molecule has 154 valence electrons. The summed E-state index contributed by atoms with van der Waals surface area (Å²) in [6, 6.07) is 0.989. The Hall–Kier alpha value is -3.17. The van der Waals surface area contributed by atoms with E-state index in [9.17, 15) is 14.4 Å². The first-order chi connectivity index (χ1) is 14.0. The van der Waals surface area contributed by atoms with Gasteiger partial charge >= 0.3 is 6.03 Å². The number of carbonyl (C=O) groups excluding carboxylic acids is 3. The molecule has 0 aromatic carbocycles. The van der Waals surface area contributed by atoms with E-state index >= 15 is 0 Å². The summed E-state index contributed by atoms with van der Waals surface area (Å²) < 4.78 is 7.09. The summed E-state index contributed by atoms with van der Waals surface area (Å²) in [5, 5.41) is 15.9. The van der Waals surface area contributed by atoms with E-state index in [4.69, 9.17) is 4.52 Å². The summed E-state index contributed by atoms with van der Waals surface area (Å²) in [5.74, 6) is 0.621. The van der Waals surface area contributed by atoms with Crippen LogP contribution in [0.3, 0.4) is 0 Å². The highest BCUT2D eigenvalue weighted by atomic mass is 16.5. The van der Waals surface area contributed by atoms with Crippen molar-refractivity contribution in [3.05, 3.63) is 24.2 Å². The number of aromatic nitrogens is 3. The fourth-order valence-corrected chi connectivity index (χ4v) is 3.39. The summed E-state index contributed by atoms with van der Waals surface area (Å²) in [7, 11) is 0. The highest BCUT2D eigenvalue weighted by molar-refractivity contribution is 5.92. The lowest BCUT2D eigenvalue weighted by atomic mass is 9.95. The zero-order valence-electron chi connectivity index (χ0n) is 16.2. The Balaban J connectivity index is 1.36. The summed E-state index contributed by atoms with van der Waals surface area (Å²) >= 11 is 0. The molecule has 0 radical (unpaired) electrons. The van der Waals surface area contributed by atoms with Gasteiger partial charge in [-0.15, -0.1) is 0 Å². The monoisotopic (exact) mass is 400 g/mol. The van der Waals surface area contributed by atoms with Crippen molar-refractivity contribution < 1.29 is 18.9 Å². The van der Waals surface area contributed by atoms with Crippen LogP contribution in [0.1, 0.15) is 43.2 Å². The Morgan fingerprint density at radius 2 is 2.14 bits per heavy atom. The van der Waals surface area contributed by atoms with Crippen LogP contribution in [0, 0.1) is 11.8 Å². The van der Waals surface area contributed by atoms with Gasteiger partial charge in [-0.2, -0.15) is 5.10 Å². The first kappa shape index (κ1) is 19.2. The quantitative estimate of drug-likeness (QED) is 0.544. The summed E-state index contributed by atoms with van der Waals surface area (Å²) in [4.78, 5) is 34.7. The Bertz CT molecular complexity index is 913. The van der Waals surface area contributed by atoms with E-state index in [-0.39, 0.29) is 18.2 Å². The molecule has 0 aliphatic heterocycles. The third kappa shape index (κ3) is 4.64. The standard InChI is InChI=1S/C19H24N6O4/c1-19(14-4-5-14,23-18(28)21-11-26)10-20-17(27)16-6-15(24-29-16)13-7-22-25(9-13)8-12-2-3-12/h6-7,9,11-12,14H,2-5,8,10H2,1H3,(H,20,27)(H2,21,23,26,28). The molecule has 3 N–H and O–H groups in total. The lowest BCUT2D eigenvalue weighted by molar-refractivity contribution is -0.108. The number of rotatable bonds is 9. The van der Waals surface area contributed by atoms with Crippen LogP contribution in [-0.4, -0.2) is 45.4 Å². The third-order valence-corrected chi connectivity index (χ3v) is 5.49. The molecule has 0 saturated heterocycles. The number of carbonyl (C=O) groups is 3. The molecule has 1 unspecified atom stereocenters. The van der Waals surface area contributed by atoms with Crippen molar-refractivity contribution in [1.29, 1.82) is 0 Å². The van der Waals surface area contributed by atoms with Gasteiger partial charge in [0.1, 0.15) is 5.69 Å². The Morgan fingerprint density at radius 1 is 1.34 bits per heavy atom. The third-order valence-electron chi connectivity index (χ3n) is 5.49. The molecule has 2 heterocycles. The van der Waals surface area contributed by atoms with E-state index in [2.05, 4.69) is 26.2 Å². The van der Waals surface area contributed by atoms with E-state index in [1.165, 1.54) is 12.8 Å². The fraction of sp³-hybridized carbons (Fsp3) is 0.526. The highest BCUT2D eigenvalue weighted by Gasteiger charge is 2.43. The summed E-state index contributed by atoms with van der Waals surface area (Å²) in [5.41, 5.74) is 0.685. The van der Waals surface area contributed by atoms with Gasteiger partial charge in [0.05, 0.1) is 11.7 Å². The summed E-state index contributed by atoms with van der Waals surface area (Å²) in [6.45, 7) is 2.95. The molecule has 0 bridgehead atoms. The van der Waals surface area contributed by atoms with E-state index in [0.29, 0.717) is 18.0 Å². The second kappa shape index (κ2) is 7.69. The van der Waals surface area contributed by atoms with E-state index in [1.54, 1.807) is 12.3 Å². The number of hydrogen-bond donors (Lipinski definition) is 3. The van der Waals surface area contributed by atoms with Crippen LogP contribution in [0.5, 0.6) is 0 Å². The largest absolute Gasteiger partial charge is 0.350 e. The second-order valence-electron chi connectivity index (χ2n) is 8.06. The van der Waals surface area contributed by atoms with Crippen molar-refractivity contribution in [2.75, 3.05) is 6.54 Å². The Morgan fingerprint density at radius 3 is 2.83 bits per heavy atom. The predicted molar refractivity (Wildman–Crippen MR) is 102 cm³/mol. The van der Waals surface area contributed by atoms with Gasteiger partial charge < -0.3 is 15.2 Å². The van der Waals surface area contributed by atoms with Gasteiger partial charge in [0, 0.05) is 30.9 Å². The molecule has 29 heavy (non-hydrogen) atoms. The molecule has 2 saturated carbocycles. The van der Waals surface area contributed by atoms with Crippen LogP contribution < -0.4 is 16.0 Å². The van der Waals surface area contributed by atoms with Crippen molar-refractivity contribution in [3.8, 4) is 11.3 Å². The topological polar surface area (TPSA) is 131 Å². The average Bonchev–Trinajstić information content (AvgIpc) is 3.60. The van der Waals surface area contributed by atoms with Gasteiger partial charge in [0.25, 0.3) is 5.91 Å². The van der Waals surface area contributed by atoms with Crippen molar-refractivity contribution >= 4 is 18.3 Å². The Labute approximate surface area is 167 Å². The maximum Gasteiger partial charge on any atom is 0.321 e. The number of amides is 4. The van der Waals surface area contributed by atoms with Crippen LogP contribution in [0.15, 0.2) is 23.0 Å². The first-order valence-corrected chi connectivity index (χ1v) is 9.77. The van der Waals surface area contributed by atoms with Crippen LogP contribution in [-0.2, 0) is 11.3 Å². The minimum absolute atomic E-state index is 0.0884. The molecule has 2 aliphatic carbocycles. The van der Waals surface area contributed by atoms with E-state index < -0.39 is 17.5 Å². The van der Waals surface area contributed by atoms with Gasteiger partial charge in [-0.1, -0.05) is 5.16 Å². The van der Waals surface area contributed by atoms with E-state index in [1.807, 2.05) is 17.8 Å². The van der Waals surface area contributed by atoms with Gasteiger partial charge in [-0.25, -0.2) is 4.79 Å². The summed E-state index contributed by atoms with van der Waals surface area (Å²) in [6.07, 6.45) is 8.32. The molecule has 10 nitrogen and oxygen atoms in total. The van der Waals surface area contributed by atoms with Crippen LogP contribution >= 0.6 is 0 Å². The number of nitrogens with zero attached hydrogens (tertiary/aromatic N) is 3. The van der Waals surface area contributed by atoms with Crippen molar-refractivity contribution in [2.45, 2.75) is 44.7 Å². The van der Waals surface area contributed by atoms with Crippen molar-refractivity contribution in [1.82, 2.24) is 30.9 Å². The van der Waals surface area contributed by atoms with Crippen molar-refractivity contribution in [3.63, 3.8) is 0 Å². The normalized spacial score (nSPS) is 18.0. The Kier molecular flexibility index (Phi) is 5.08. The molecule has 2 fully saturated rings. The molecule has 0 spiro atoms. The minimum atomic E-state index is -0.657. The number of nitrogens with one attached hydrogen (secondary N) is 3. The molecule has 4 amide bonds. The fourth-order valence-electron chi connectivity index (χ4n) is 3.39. The molecule has 1 atom stereocenters. The average molecular weight is 400 g/mol. The smallest absolute Gasteiger partial charge is 0.321 e. The van der Waals surface area contributed by atoms with Gasteiger partial charge in [0.15, 0.2) is 0 Å². The number of urea groups is 1.